The molecule has 0 unspecified atom stereocenters. The molecule has 0 aliphatic heterocycles. The minimum atomic E-state index is -1.21. The Morgan fingerprint density at radius 1 is 1.20 bits per heavy atom. The summed E-state index contributed by atoms with van der Waals surface area (Å²) in [7, 11) is 0. The highest BCUT2D eigenvalue weighted by atomic mass is 79.9. The van der Waals surface area contributed by atoms with E-state index in [-0.39, 0.29) is 11.3 Å². The summed E-state index contributed by atoms with van der Waals surface area (Å²) in [6.07, 6.45) is 3.38. The van der Waals surface area contributed by atoms with Gasteiger partial charge in [0, 0.05) is 4.47 Å². The van der Waals surface area contributed by atoms with Gasteiger partial charge in [0.05, 0.1) is 5.56 Å². The van der Waals surface area contributed by atoms with E-state index >= 15 is 0 Å². The van der Waals surface area contributed by atoms with Gasteiger partial charge in [0.1, 0.15) is 11.3 Å². The van der Waals surface area contributed by atoms with Crippen LogP contribution in [0.4, 0.5) is 0 Å². The van der Waals surface area contributed by atoms with Crippen LogP contribution in [0, 0.1) is 0 Å². The highest BCUT2D eigenvalue weighted by Crippen LogP contribution is 2.30. The van der Waals surface area contributed by atoms with Gasteiger partial charge in [-0.25, -0.2) is 4.79 Å². The second-order valence-corrected chi connectivity index (χ2v) is 5.98. The number of aliphatic carboxylic acids is 1. The van der Waals surface area contributed by atoms with Crippen molar-refractivity contribution in [2.45, 2.75) is 37.6 Å². The van der Waals surface area contributed by atoms with Gasteiger partial charge < -0.3 is 15.5 Å². The number of hydrogen-bond acceptors (Lipinski definition) is 3. The van der Waals surface area contributed by atoms with Crippen molar-refractivity contribution in [3.05, 3.63) is 28.2 Å². The SMILES string of the molecule is O=C(NC1(C(=O)O)CCCCC1)c1ccc(Br)cc1O. The maximum atomic E-state index is 12.2. The van der Waals surface area contributed by atoms with E-state index in [1.54, 1.807) is 6.07 Å². The third-order valence-electron chi connectivity index (χ3n) is 3.67. The van der Waals surface area contributed by atoms with Crippen molar-refractivity contribution >= 4 is 27.8 Å². The summed E-state index contributed by atoms with van der Waals surface area (Å²) >= 11 is 3.19. The van der Waals surface area contributed by atoms with Crippen LogP contribution in [0.2, 0.25) is 0 Å². The Morgan fingerprint density at radius 2 is 1.85 bits per heavy atom. The van der Waals surface area contributed by atoms with Crippen molar-refractivity contribution < 1.29 is 19.8 Å². The lowest BCUT2D eigenvalue weighted by atomic mass is 9.81. The van der Waals surface area contributed by atoms with Crippen molar-refractivity contribution in [3.8, 4) is 5.75 Å². The van der Waals surface area contributed by atoms with E-state index in [4.69, 9.17) is 0 Å². The summed E-state index contributed by atoms with van der Waals surface area (Å²) < 4.78 is 0.650. The fourth-order valence-electron chi connectivity index (χ4n) is 2.53. The number of phenolic OH excluding ortho intramolecular Hbond substituents is 1. The predicted molar refractivity (Wildman–Crippen MR) is 76.7 cm³/mol. The van der Waals surface area contributed by atoms with Crippen LogP contribution in [0.5, 0.6) is 5.75 Å². The van der Waals surface area contributed by atoms with E-state index in [1.165, 1.54) is 12.1 Å². The molecule has 1 saturated carbocycles. The molecule has 1 aliphatic rings. The molecule has 1 fully saturated rings. The van der Waals surface area contributed by atoms with Crippen molar-refractivity contribution in [2.75, 3.05) is 0 Å². The first-order valence-electron chi connectivity index (χ1n) is 6.49. The molecule has 1 amide bonds. The van der Waals surface area contributed by atoms with E-state index in [1.807, 2.05) is 0 Å². The number of benzene rings is 1. The standard InChI is InChI=1S/C14H16BrNO4/c15-9-4-5-10(11(17)8-9)12(18)16-14(13(19)20)6-2-1-3-7-14/h4-5,8,17H,1-3,6-7H2,(H,16,18)(H,19,20). The zero-order chi connectivity index (χ0) is 14.8. The third kappa shape index (κ3) is 2.95. The molecule has 5 nitrogen and oxygen atoms in total. The lowest BCUT2D eigenvalue weighted by Crippen LogP contribution is -2.55. The number of carbonyl (C=O) groups is 2. The number of aromatic hydroxyl groups is 1. The molecule has 0 bridgehead atoms. The van der Waals surface area contributed by atoms with Crippen molar-refractivity contribution in [2.24, 2.45) is 0 Å². The van der Waals surface area contributed by atoms with Crippen molar-refractivity contribution in [1.29, 1.82) is 0 Å². The Morgan fingerprint density at radius 3 is 2.40 bits per heavy atom. The highest BCUT2D eigenvalue weighted by Gasteiger charge is 2.41. The Balaban J connectivity index is 2.22. The first-order valence-corrected chi connectivity index (χ1v) is 7.28. The normalized spacial score (nSPS) is 17.4. The number of carboxylic acid groups (broad SMARTS) is 1. The number of carboxylic acids is 1. The van der Waals surface area contributed by atoms with E-state index in [9.17, 15) is 19.8 Å². The monoisotopic (exact) mass is 341 g/mol. The van der Waals surface area contributed by atoms with Crippen molar-refractivity contribution in [3.63, 3.8) is 0 Å². The Bertz CT molecular complexity index is 538. The molecule has 2 rings (SSSR count). The Labute approximate surface area is 125 Å². The lowest BCUT2D eigenvalue weighted by Gasteiger charge is -2.34. The molecule has 0 heterocycles. The largest absolute Gasteiger partial charge is 0.507 e. The molecule has 0 saturated heterocycles. The van der Waals surface area contributed by atoms with Gasteiger partial charge in [0.25, 0.3) is 5.91 Å². The minimum Gasteiger partial charge on any atom is -0.507 e. The van der Waals surface area contributed by atoms with Crippen LogP contribution in [-0.4, -0.2) is 27.6 Å². The fourth-order valence-corrected chi connectivity index (χ4v) is 2.88. The first kappa shape index (κ1) is 14.8. The van der Waals surface area contributed by atoms with Crippen LogP contribution in [0.3, 0.4) is 0 Å². The number of phenols is 1. The van der Waals surface area contributed by atoms with Crippen LogP contribution in [0.1, 0.15) is 42.5 Å². The average molecular weight is 342 g/mol. The molecule has 0 aromatic heterocycles. The van der Waals surface area contributed by atoms with E-state index < -0.39 is 17.4 Å². The number of amides is 1. The molecule has 6 heteroatoms. The first-order chi connectivity index (χ1) is 9.44. The molecule has 108 valence electrons. The summed E-state index contributed by atoms with van der Waals surface area (Å²) in [6, 6.07) is 4.50. The zero-order valence-corrected chi connectivity index (χ0v) is 12.4. The lowest BCUT2D eigenvalue weighted by molar-refractivity contribution is -0.145. The van der Waals surface area contributed by atoms with Gasteiger partial charge in [0.2, 0.25) is 0 Å². The summed E-state index contributed by atoms with van der Waals surface area (Å²) in [5.41, 5.74) is -1.13. The molecular formula is C14H16BrNO4. The zero-order valence-electron chi connectivity index (χ0n) is 10.9. The molecule has 0 spiro atoms. The Hall–Kier alpha value is -1.56. The second-order valence-electron chi connectivity index (χ2n) is 5.06. The van der Waals surface area contributed by atoms with Gasteiger partial charge in [-0.2, -0.15) is 0 Å². The summed E-state index contributed by atoms with van der Waals surface area (Å²) in [5.74, 6) is -1.74. The second kappa shape index (κ2) is 5.83. The molecule has 1 aromatic rings. The van der Waals surface area contributed by atoms with Gasteiger partial charge in [-0.15, -0.1) is 0 Å². The summed E-state index contributed by atoms with van der Waals surface area (Å²) in [4.78, 5) is 23.7. The molecule has 3 N–H and O–H groups in total. The predicted octanol–water partition coefficient (Wildman–Crippen LogP) is 2.67. The topological polar surface area (TPSA) is 86.6 Å². The van der Waals surface area contributed by atoms with E-state index in [0.717, 1.165) is 19.3 Å². The molecule has 1 aliphatic carbocycles. The highest BCUT2D eigenvalue weighted by molar-refractivity contribution is 9.10. The molecular weight excluding hydrogens is 326 g/mol. The van der Waals surface area contributed by atoms with Crippen LogP contribution < -0.4 is 5.32 Å². The Kier molecular flexibility index (Phi) is 4.32. The van der Waals surface area contributed by atoms with Crippen LogP contribution in [0.15, 0.2) is 22.7 Å². The average Bonchev–Trinajstić information content (AvgIpc) is 2.39. The molecule has 20 heavy (non-hydrogen) atoms. The number of nitrogens with one attached hydrogen (secondary N) is 1. The van der Waals surface area contributed by atoms with E-state index in [2.05, 4.69) is 21.2 Å². The minimum absolute atomic E-state index is 0.0828. The van der Waals surface area contributed by atoms with Crippen LogP contribution in [-0.2, 0) is 4.79 Å². The summed E-state index contributed by atoms with van der Waals surface area (Å²) in [5, 5.41) is 21.8. The maximum absolute atomic E-state index is 12.2. The fraction of sp³-hybridized carbons (Fsp3) is 0.429. The van der Waals surface area contributed by atoms with Gasteiger partial charge in [-0.05, 0) is 31.0 Å². The number of rotatable bonds is 3. The van der Waals surface area contributed by atoms with Gasteiger partial charge >= 0.3 is 5.97 Å². The van der Waals surface area contributed by atoms with E-state index in [0.29, 0.717) is 17.3 Å². The third-order valence-corrected chi connectivity index (χ3v) is 4.17. The number of carbonyl (C=O) groups excluding carboxylic acids is 1. The van der Waals surface area contributed by atoms with Crippen LogP contribution in [0.25, 0.3) is 0 Å². The quantitative estimate of drug-likeness (QED) is 0.788. The summed E-state index contributed by atoms with van der Waals surface area (Å²) in [6.45, 7) is 0. The van der Waals surface area contributed by atoms with Crippen LogP contribution >= 0.6 is 15.9 Å². The molecule has 0 radical (unpaired) electrons. The van der Waals surface area contributed by atoms with Crippen molar-refractivity contribution in [1.82, 2.24) is 5.32 Å². The van der Waals surface area contributed by atoms with Gasteiger partial charge in [0.15, 0.2) is 0 Å². The number of hydrogen-bond donors (Lipinski definition) is 3. The maximum Gasteiger partial charge on any atom is 0.329 e. The smallest absolute Gasteiger partial charge is 0.329 e. The molecule has 1 aromatic carbocycles. The van der Waals surface area contributed by atoms with Gasteiger partial charge in [-0.1, -0.05) is 35.2 Å². The van der Waals surface area contributed by atoms with Gasteiger partial charge in [-0.3, -0.25) is 4.79 Å². The number of halogens is 1. The molecule has 0 atom stereocenters.